The largest absolute Gasteiger partial charge is 0.465 e. The summed E-state index contributed by atoms with van der Waals surface area (Å²) in [6, 6.07) is 8.51. The van der Waals surface area contributed by atoms with Crippen molar-refractivity contribution in [2.75, 3.05) is 21.3 Å². The highest BCUT2D eigenvalue weighted by Crippen LogP contribution is 2.26. The molecule has 1 aromatic carbocycles. The highest BCUT2D eigenvalue weighted by Gasteiger charge is 2.34. The van der Waals surface area contributed by atoms with Crippen molar-refractivity contribution >= 4 is 23.4 Å². The van der Waals surface area contributed by atoms with Gasteiger partial charge in [0.2, 0.25) is 0 Å². The van der Waals surface area contributed by atoms with E-state index >= 15 is 0 Å². The number of esters is 3. The van der Waals surface area contributed by atoms with Crippen LogP contribution in [-0.4, -0.2) is 48.9 Å². The molecule has 0 aliphatic carbocycles. The molecule has 9 heteroatoms. The minimum Gasteiger partial charge on any atom is -0.465 e. The zero-order chi connectivity index (χ0) is 21.8. The number of fused-ring (bicyclic) bond motifs is 1. The van der Waals surface area contributed by atoms with Crippen LogP contribution in [0.25, 0.3) is 5.52 Å². The monoisotopic (exact) mass is 410 g/mol. The van der Waals surface area contributed by atoms with Gasteiger partial charge in [-0.25, -0.2) is 23.3 Å². The molecule has 0 aliphatic heterocycles. The third kappa shape index (κ3) is 3.71. The second-order valence-corrected chi connectivity index (χ2v) is 5.85. The molecule has 3 aromatic rings. The summed E-state index contributed by atoms with van der Waals surface area (Å²) in [6.07, 6.45) is 0. The number of aromatic nitrogens is 2. The molecular weight excluding hydrogens is 395 g/mol. The molecule has 2 heterocycles. The van der Waals surface area contributed by atoms with Crippen LogP contribution in [0, 0.1) is 17.7 Å². The zero-order valence-corrected chi connectivity index (χ0v) is 16.2. The van der Waals surface area contributed by atoms with Crippen LogP contribution in [0.5, 0.6) is 0 Å². The molecule has 0 saturated heterocycles. The predicted octanol–water partition coefficient (Wildman–Crippen LogP) is 2.23. The smallest absolute Gasteiger partial charge is 0.357 e. The standard InChI is InChI=1S/C21H15FN2O6/c1-28-19(25)16-15-11-10-14(9-6-12-4-7-13(22)8-5-12)23-24(15)18(21(27)30-3)17(16)20(26)29-2/h4-5,7-8,10-11H,1-3H3. The molecule has 0 fully saturated rings. The van der Waals surface area contributed by atoms with Crippen LogP contribution >= 0.6 is 0 Å². The van der Waals surface area contributed by atoms with Gasteiger partial charge in [0.25, 0.3) is 0 Å². The quantitative estimate of drug-likeness (QED) is 0.371. The van der Waals surface area contributed by atoms with E-state index in [0.717, 1.165) is 25.8 Å². The molecule has 0 saturated carbocycles. The van der Waals surface area contributed by atoms with E-state index in [1.165, 1.54) is 36.4 Å². The molecule has 8 nitrogen and oxygen atoms in total. The van der Waals surface area contributed by atoms with Crippen molar-refractivity contribution in [1.29, 1.82) is 0 Å². The van der Waals surface area contributed by atoms with E-state index in [4.69, 9.17) is 14.2 Å². The molecule has 3 rings (SSSR count). The fourth-order valence-corrected chi connectivity index (χ4v) is 2.77. The van der Waals surface area contributed by atoms with Gasteiger partial charge in [-0.3, -0.25) is 0 Å². The Balaban J connectivity index is 2.25. The molecule has 0 bridgehead atoms. The summed E-state index contributed by atoms with van der Waals surface area (Å²) in [5.74, 6) is 2.52. The van der Waals surface area contributed by atoms with Gasteiger partial charge < -0.3 is 14.2 Å². The van der Waals surface area contributed by atoms with Crippen LogP contribution in [0.2, 0.25) is 0 Å². The topological polar surface area (TPSA) is 96.2 Å². The molecule has 0 spiro atoms. The lowest BCUT2D eigenvalue weighted by Gasteiger charge is -2.03. The van der Waals surface area contributed by atoms with Crippen LogP contribution in [-0.2, 0) is 14.2 Å². The number of hydrogen-bond donors (Lipinski definition) is 0. The second kappa shape index (κ2) is 8.45. The Morgan fingerprint density at radius 3 is 2.03 bits per heavy atom. The Morgan fingerprint density at radius 1 is 0.833 bits per heavy atom. The SMILES string of the molecule is COC(=O)c1c(C(=O)OC)c2ccc(C#Cc3ccc(F)cc3)nn2c1C(=O)OC. The van der Waals surface area contributed by atoms with Crippen LogP contribution in [0.4, 0.5) is 4.39 Å². The Kier molecular flexibility index (Phi) is 5.78. The summed E-state index contributed by atoms with van der Waals surface area (Å²) in [7, 11) is 3.37. The number of ether oxygens (including phenoxy) is 3. The van der Waals surface area contributed by atoms with Gasteiger partial charge in [0, 0.05) is 5.56 Å². The Morgan fingerprint density at radius 2 is 1.43 bits per heavy atom. The number of carbonyl (C=O) groups is 3. The van der Waals surface area contributed by atoms with Gasteiger partial charge in [-0.15, -0.1) is 0 Å². The van der Waals surface area contributed by atoms with Gasteiger partial charge >= 0.3 is 17.9 Å². The molecule has 2 aromatic heterocycles. The molecule has 0 N–H and O–H groups in total. The third-order valence-electron chi connectivity index (χ3n) is 4.13. The van der Waals surface area contributed by atoms with E-state index in [1.807, 2.05) is 0 Å². The Hall–Kier alpha value is -4.19. The number of nitrogens with zero attached hydrogens (tertiary/aromatic N) is 2. The van der Waals surface area contributed by atoms with E-state index in [-0.39, 0.29) is 33.8 Å². The number of carbonyl (C=O) groups excluding carboxylic acids is 3. The lowest BCUT2D eigenvalue weighted by atomic mass is 10.1. The normalized spacial score (nSPS) is 10.1. The number of hydrogen-bond acceptors (Lipinski definition) is 7. The van der Waals surface area contributed by atoms with Crippen molar-refractivity contribution in [2.45, 2.75) is 0 Å². The maximum atomic E-state index is 13.0. The minimum absolute atomic E-state index is 0.134. The number of rotatable bonds is 3. The highest BCUT2D eigenvalue weighted by atomic mass is 19.1. The zero-order valence-electron chi connectivity index (χ0n) is 16.2. The molecule has 0 amide bonds. The summed E-state index contributed by atoms with van der Waals surface area (Å²) in [5, 5.41) is 4.24. The minimum atomic E-state index is -0.930. The third-order valence-corrected chi connectivity index (χ3v) is 4.13. The van der Waals surface area contributed by atoms with Crippen molar-refractivity contribution in [3.63, 3.8) is 0 Å². The highest BCUT2D eigenvalue weighted by molar-refractivity contribution is 6.14. The van der Waals surface area contributed by atoms with Crippen molar-refractivity contribution in [3.8, 4) is 11.8 Å². The average Bonchev–Trinajstić information content (AvgIpc) is 3.11. The maximum absolute atomic E-state index is 13.0. The lowest BCUT2D eigenvalue weighted by Crippen LogP contribution is -2.16. The first-order valence-corrected chi connectivity index (χ1v) is 8.49. The van der Waals surface area contributed by atoms with Crippen LogP contribution in [0.3, 0.4) is 0 Å². The Bertz CT molecular complexity index is 1220. The van der Waals surface area contributed by atoms with Crippen LogP contribution < -0.4 is 0 Å². The first kappa shape index (κ1) is 20.5. The van der Waals surface area contributed by atoms with E-state index in [2.05, 4.69) is 16.9 Å². The molecule has 0 unspecified atom stereocenters. The van der Waals surface area contributed by atoms with Gasteiger partial charge in [0.1, 0.15) is 22.6 Å². The number of methoxy groups -OCH3 is 3. The van der Waals surface area contributed by atoms with E-state index in [0.29, 0.717) is 5.56 Å². The lowest BCUT2D eigenvalue weighted by molar-refractivity contribution is 0.0536. The maximum Gasteiger partial charge on any atom is 0.357 e. The summed E-state index contributed by atoms with van der Waals surface area (Å²) in [6.45, 7) is 0. The second-order valence-electron chi connectivity index (χ2n) is 5.85. The van der Waals surface area contributed by atoms with Gasteiger partial charge in [0.05, 0.1) is 26.8 Å². The van der Waals surface area contributed by atoms with Crippen molar-refractivity contribution in [3.05, 3.63) is 70.3 Å². The molecule has 0 atom stereocenters. The fourth-order valence-electron chi connectivity index (χ4n) is 2.77. The molecule has 0 radical (unpaired) electrons. The van der Waals surface area contributed by atoms with Gasteiger partial charge in [-0.2, -0.15) is 5.10 Å². The van der Waals surface area contributed by atoms with Gasteiger partial charge in [-0.1, -0.05) is 5.92 Å². The van der Waals surface area contributed by atoms with Crippen LogP contribution in [0.15, 0.2) is 36.4 Å². The first-order valence-electron chi connectivity index (χ1n) is 8.49. The summed E-state index contributed by atoms with van der Waals surface area (Å²) in [5.41, 5.74) is 0.0899. The molecular formula is C21H15FN2O6. The summed E-state index contributed by atoms with van der Waals surface area (Å²) >= 11 is 0. The van der Waals surface area contributed by atoms with E-state index < -0.39 is 17.9 Å². The first-order chi connectivity index (χ1) is 14.4. The van der Waals surface area contributed by atoms with Gasteiger partial charge in [0.15, 0.2) is 5.69 Å². The fraction of sp³-hybridized carbons (Fsp3) is 0.143. The molecule has 0 aliphatic rings. The van der Waals surface area contributed by atoms with Crippen LogP contribution in [0.1, 0.15) is 42.5 Å². The number of benzene rings is 1. The van der Waals surface area contributed by atoms with Gasteiger partial charge in [-0.05, 0) is 42.3 Å². The van der Waals surface area contributed by atoms with Crippen molar-refractivity contribution in [2.24, 2.45) is 0 Å². The predicted molar refractivity (Wildman–Crippen MR) is 102 cm³/mol. The van der Waals surface area contributed by atoms with Crippen molar-refractivity contribution in [1.82, 2.24) is 9.61 Å². The molecule has 152 valence electrons. The molecule has 30 heavy (non-hydrogen) atoms. The number of halogens is 1. The Labute approximate surface area is 170 Å². The van der Waals surface area contributed by atoms with E-state index in [9.17, 15) is 18.8 Å². The van der Waals surface area contributed by atoms with Crippen molar-refractivity contribution < 1.29 is 33.0 Å². The average molecular weight is 410 g/mol. The summed E-state index contributed by atoms with van der Waals surface area (Å²) < 4.78 is 28.3. The van der Waals surface area contributed by atoms with E-state index in [1.54, 1.807) is 0 Å². The summed E-state index contributed by atoms with van der Waals surface area (Å²) in [4.78, 5) is 37.1.